The van der Waals surface area contributed by atoms with Gasteiger partial charge in [-0.2, -0.15) is 17.0 Å². The lowest BCUT2D eigenvalue weighted by Gasteiger charge is -2.35. The van der Waals surface area contributed by atoms with E-state index in [0.29, 0.717) is 17.7 Å². The van der Waals surface area contributed by atoms with Crippen LogP contribution in [0, 0.1) is 18.3 Å². The molecule has 188 valence electrons. The van der Waals surface area contributed by atoms with Crippen molar-refractivity contribution in [3.63, 3.8) is 0 Å². The lowest BCUT2D eigenvalue weighted by Crippen LogP contribution is -2.55. The summed E-state index contributed by atoms with van der Waals surface area (Å²) in [6, 6.07) is 7.29. The van der Waals surface area contributed by atoms with E-state index in [0.717, 1.165) is 5.56 Å². The van der Waals surface area contributed by atoms with Gasteiger partial charge >= 0.3 is 6.09 Å². The lowest BCUT2D eigenvalue weighted by molar-refractivity contribution is -0.142. The van der Waals surface area contributed by atoms with Crippen LogP contribution in [0.3, 0.4) is 0 Å². The van der Waals surface area contributed by atoms with Gasteiger partial charge in [0.15, 0.2) is 0 Å². The minimum absolute atomic E-state index is 0.318. The number of alkyl carbamates (subject to hydrolysis) is 1. The van der Waals surface area contributed by atoms with E-state index in [1.165, 1.54) is 16.7 Å². The van der Waals surface area contributed by atoms with Gasteiger partial charge < -0.3 is 20.3 Å². The number of carbonyl (C=O) groups excluding carboxylic acids is 3. The third-order valence-electron chi connectivity index (χ3n) is 4.67. The number of aryl methyl sites for hydroxylation is 1. The first kappa shape index (κ1) is 29.3. The van der Waals surface area contributed by atoms with Gasteiger partial charge in [-0.1, -0.05) is 24.3 Å². The van der Waals surface area contributed by atoms with Gasteiger partial charge in [0.25, 0.3) is 0 Å². The van der Waals surface area contributed by atoms with Gasteiger partial charge in [0.1, 0.15) is 24.2 Å². The predicted octanol–water partition coefficient (Wildman–Crippen LogP) is 3.95. The number of hydrogen-bond donors (Lipinski definition) is 2. The van der Waals surface area contributed by atoms with Crippen LogP contribution in [0.25, 0.3) is 0 Å². The van der Waals surface area contributed by atoms with Crippen LogP contribution < -0.4 is 10.6 Å². The molecule has 0 heterocycles. The monoisotopic (exact) mass is 490 g/mol. The summed E-state index contributed by atoms with van der Waals surface area (Å²) in [5.74, 6) is -0.319. The smallest absolute Gasteiger partial charge is 0.408 e. The Kier molecular flexibility index (Phi) is 10.9. The zero-order valence-corrected chi connectivity index (χ0v) is 22.3. The van der Waals surface area contributed by atoms with Crippen LogP contribution in [0.5, 0.6) is 0 Å². The molecule has 2 atom stereocenters. The molecule has 1 rings (SSSR count). The number of rotatable bonds is 9. The number of nitrogens with one attached hydrogen (secondary N) is 2. The standard InChI is InChI=1S/C25H38N4O4S/c1-17-11-9-10-12-18(17)20(21(30)28-24(2,3)4)29(15-14-26)22(31)19(13-16-34-8)27-23(32)33-25(5,6)7/h9-12,19-20H,13,15-16H2,1-8H3,(H,27,32)(H,28,30). The van der Waals surface area contributed by atoms with E-state index in [-0.39, 0.29) is 6.54 Å². The highest BCUT2D eigenvalue weighted by Crippen LogP contribution is 2.26. The van der Waals surface area contributed by atoms with Gasteiger partial charge in [0, 0.05) is 5.54 Å². The first-order chi connectivity index (χ1) is 15.7. The number of nitrogens with zero attached hydrogens (tertiary/aromatic N) is 2. The Hall–Kier alpha value is -2.73. The van der Waals surface area contributed by atoms with Gasteiger partial charge in [-0.3, -0.25) is 9.59 Å². The van der Waals surface area contributed by atoms with Crippen molar-refractivity contribution in [2.75, 3.05) is 18.6 Å². The van der Waals surface area contributed by atoms with Gasteiger partial charge in [0.2, 0.25) is 11.8 Å². The predicted molar refractivity (Wildman–Crippen MR) is 135 cm³/mol. The average molecular weight is 491 g/mol. The van der Waals surface area contributed by atoms with Crippen LogP contribution in [0.2, 0.25) is 0 Å². The van der Waals surface area contributed by atoms with Gasteiger partial charge in [0.05, 0.1) is 6.07 Å². The number of amides is 3. The molecule has 0 saturated heterocycles. The minimum atomic E-state index is -1.04. The summed E-state index contributed by atoms with van der Waals surface area (Å²) in [6.45, 7) is 12.3. The number of benzene rings is 1. The summed E-state index contributed by atoms with van der Waals surface area (Å²) in [4.78, 5) is 40.9. The summed E-state index contributed by atoms with van der Waals surface area (Å²) in [7, 11) is 0. The van der Waals surface area contributed by atoms with Crippen LogP contribution in [0.4, 0.5) is 4.79 Å². The van der Waals surface area contributed by atoms with Crippen molar-refractivity contribution in [3.8, 4) is 6.07 Å². The Morgan fingerprint density at radius 2 is 1.76 bits per heavy atom. The largest absolute Gasteiger partial charge is 0.444 e. The quantitative estimate of drug-likeness (QED) is 0.507. The molecule has 1 aromatic carbocycles. The summed E-state index contributed by atoms with van der Waals surface area (Å²) in [5.41, 5.74) is 0.147. The molecule has 0 aliphatic carbocycles. The normalized spacial score (nSPS) is 13.3. The third-order valence-corrected chi connectivity index (χ3v) is 5.31. The Bertz CT molecular complexity index is 899. The highest BCUT2D eigenvalue weighted by molar-refractivity contribution is 7.98. The maximum Gasteiger partial charge on any atom is 0.408 e. The molecule has 0 aromatic heterocycles. The number of ether oxygens (including phenoxy) is 1. The van der Waals surface area contributed by atoms with E-state index >= 15 is 0 Å². The Morgan fingerprint density at radius 3 is 2.26 bits per heavy atom. The van der Waals surface area contributed by atoms with Crippen molar-refractivity contribution in [2.45, 2.75) is 78.1 Å². The average Bonchev–Trinajstić information content (AvgIpc) is 2.68. The molecule has 3 amide bonds. The van der Waals surface area contributed by atoms with Crippen molar-refractivity contribution in [3.05, 3.63) is 35.4 Å². The van der Waals surface area contributed by atoms with E-state index in [1.54, 1.807) is 32.9 Å². The summed E-state index contributed by atoms with van der Waals surface area (Å²) in [5, 5.41) is 15.1. The Labute approximate surface area is 207 Å². The second-order valence-electron chi connectivity index (χ2n) is 10.1. The minimum Gasteiger partial charge on any atom is -0.444 e. The second-order valence-corrected chi connectivity index (χ2v) is 11.1. The topological polar surface area (TPSA) is 112 Å². The molecule has 0 spiro atoms. The zero-order chi connectivity index (χ0) is 26.1. The number of hydrogen-bond acceptors (Lipinski definition) is 6. The molecule has 1 aromatic rings. The third kappa shape index (κ3) is 9.64. The molecule has 0 bridgehead atoms. The van der Waals surface area contributed by atoms with Crippen molar-refractivity contribution in [1.29, 1.82) is 5.26 Å². The second kappa shape index (κ2) is 12.7. The first-order valence-electron chi connectivity index (χ1n) is 11.2. The summed E-state index contributed by atoms with van der Waals surface area (Å²) in [6.07, 6.45) is 1.49. The van der Waals surface area contributed by atoms with E-state index in [1.807, 2.05) is 52.2 Å². The SMILES string of the molecule is CSCCC(NC(=O)OC(C)(C)C)C(=O)N(CC#N)C(C(=O)NC(C)(C)C)c1ccccc1C. The van der Waals surface area contributed by atoms with Gasteiger partial charge in [-0.15, -0.1) is 0 Å². The molecule has 0 radical (unpaired) electrons. The van der Waals surface area contributed by atoms with Crippen molar-refractivity contribution in [1.82, 2.24) is 15.5 Å². The van der Waals surface area contributed by atoms with Crippen LogP contribution >= 0.6 is 11.8 Å². The van der Waals surface area contributed by atoms with Crippen molar-refractivity contribution >= 4 is 29.7 Å². The molecule has 0 fully saturated rings. The molecule has 2 N–H and O–H groups in total. The fraction of sp³-hybridized carbons (Fsp3) is 0.600. The molecule has 9 heteroatoms. The van der Waals surface area contributed by atoms with Crippen LogP contribution in [0.1, 0.15) is 65.1 Å². The Morgan fingerprint density at radius 1 is 1.15 bits per heavy atom. The van der Waals surface area contributed by atoms with Crippen LogP contribution in [-0.2, 0) is 14.3 Å². The number of thioether (sulfide) groups is 1. The van der Waals surface area contributed by atoms with Crippen LogP contribution in [-0.4, -0.2) is 58.5 Å². The maximum absolute atomic E-state index is 13.8. The number of carbonyl (C=O) groups is 3. The summed E-state index contributed by atoms with van der Waals surface area (Å²) < 4.78 is 5.34. The molecule has 8 nitrogen and oxygen atoms in total. The maximum atomic E-state index is 13.8. The van der Waals surface area contributed by atoms with Gasteiger partial charge in [-0.05, 0) is 78.0 Å². The zero-order valence-electron chi connectivity index (χ0n) is 21.5. The highest BCUT2D eigenvalue weighted by Gasteiger charge is 2.37. The molecule has 0 saturated carbocycles. The van der Waals surface area contributed by atoms with E-state index in [9.17, 15) is 19.6 Å². The lowest BCUT2D eigenvalue weighted by atomic mass is 9.96. The summed E-state index contributed by atoms with van der Waals surface area (Å²) >= 11 is 1.53. The highest BCUT2D eigenvalue weighted by atomic mass is 32.2. The molecular formula is C25H38N4O4S. The molecule has 34 heavy (non-hydrogen) atoms. The van der Waals surface area contributed by atoms with Crippen molar-refractivity contribution < 1.29 is 19.1 Å². The molecule has 2 unspecified atom stereocenters. The Balaban J connectivity index is 3.46. The van der Waals surface area contributed by atoms with Gasteiger partial charge in [-0.25, -0.2) is 4.79 Å². The van der Waals surface area contributed by atoms with E-state index in [4.69, 9.17) is 4.74 Å². The molecule has 0 aliphatic heterocycles. The van der Waals surface area contributed by atoms with Crippen LogP contribution in [0.15, 0.2) is 24.3 Å². The van der Waals surface area contributed by atoms with E-state index in [2.05, 4.69) is 10.6 Å². The van der Waals surface area contributed by atoms with E-state index < -0.39 is 41.1 Å². The molecule has 0 aliphatic rings. The number of nitriles is 1. The molecular weight excluding hydrogens is 452 g/mol. The fourth-order valence-corrected chi connectivity index (χ4v) is 3.77. The van der Waals surface area contributed by atoms with Crippen molar-refractivity contribution in [2.24, 2.45) is 0 Å². The fourth-order valence-electron chi connectivity index (χ4n) is 3.30. The first-order valence-corrected chi connectivity index (χ1v) is 12.6.